The summed E-state index contributed by atoms with van der Waals surface area (Å²) in [6.07, 6.45) is 9.64. The van der Waals surface area contributed by atoms with E-state index in [1.807, 2.05) is 0 Å². The van der Waals surface area contributed by atoms with Crippen LogP contribution in [0.25, 0.3) is 0 Å². The van der Waals surface area contributed by atoms with Crippen LogP contribution in [-0.4, -0.2) is 18.5 Å². The maximum absolute atomic E-state index is 12.4. The van der Waals surface area contributed by atoms with Crippen molar-refractivity contribution in [1.82, 2.24) is 5.32 Å². The third kappa shape index (κ3) is 3.14. The van der Waals surface area contributed by atoms with E-state index in [0.29, 0.717) is 29.2 Å². The van der Waals surface area contributed by atoms with Gasteiger partial charge in [-0.05, 0) is 62.2 Å². The van der Waals surface area contributed by atoms with Crippen molar-refractivity contribution < 1.29 is 4.79 Å². The van der Waals surface area contributed by atoms with Crippen molar-refractivity contribution in [2.45, 2.75) is 64.3 Å². The number of hydrogen-bond donors (Lipinski definition) is 2. The van der Waals surface area contributed by atoms with Crippen molar-refractivity contribution in [2.24, 2.45) is 28.9 Å². The Balaban J connectivity index is 0.00000147. The fraction of sp³-hybridized carbons (Fsp3) is 0.938. The first-order valence-electron chi connectivity index (χ1n) is 8.17. The van der Waals surface area contributed by atoms with Gasteiger partial charge in [-0.2, -0.15) is 0 Å². The zero-order valence-electron chi connectivity index (χ0n) is 12.6. The number of nitrogens with two attached hydrogens (primary N) is 1. The van der Waals surface area contributed by atoms with Crippen LogP contribution in [0.3, 0.4) is 0 Å². The van der Waals surface area contributed by atoms with Gasteiger partial charge in [0.05, 0.1) is 0 Å². The van der Waals surface area contributed by atoms with E-state index in [9.17, 15) is 4.79 Å². The van der Waals surface area contributed by atoms with Crippen molar-refractivity contribution in [3.63, 3.8) is 0 Å². The first-order chi connectivity index (χ1) is 9.13. The molecule has 0 radical (unpaired) electrons. The van der Waals surface area contributed by atoms with Gasteiger partial charge in [0.15, 0.2) is 0 Å². The van der Waals surface area contributed by atoms with Crippen molar-refractivity contribution in [3.8, 4) is 0 Å². The van der Waals surface area contributed by atoms with E-state index in [0.717, 1.165) is 19.4 Å². The molecule has 1 amide bonds. The molecule has 2 unspecified atom stereocenters. The van der Waals surface area contributed by atoms with E-state index < -0.39 is 0 Å². The Hall–Kier alpha value is -0.280. The molecule has 3 N–H and O–H groups in total. The molecule has 3 nitrogen and oxygen atoms in total. The number of halogens is 1. The summed E-state index contributed by atoms with van der Waals surface area (Å²) in [6.45, 7) is 3.14. The van der Waals surface area contributed by atoms with Crippen LogP contribution < -0.4 is 11.1 Å². The molecule has 116 valence electrons. The topological polar surface area (TPSA) is 55.1 Å². The number of carbonyl (C=O) groups is 1. The second-order valence-electron chi connectivity index (χ2n) is 7.27. The zero-order chi connectivity index (χ0) is 13.5. The summed E-state index contributed by atoms with van der Waals surface area (Å²) in [5.74, 6) is 1.75. The quantitative estimate of drug-likeness (QED) is 0.839. The fourth-order valence-electron chi connectivity index (χ4n) is 4.25. The molecular formula is C16H29ClN2O. The minimum atomic E-state index is 0. The van der Waals surface area contributed by atoms with E-state index in [4.69, 9.17) is 5.73 Å². The van der Waals surface area contributed by atoms with Gasteiger partial charge in [-0.15, -0.1) is 12.4 Å². The molecule has 3 aliphatic carbocycles. The summed E-state index contributed by atoms with van der Waals surface area (Å²) >= 11 is 0. The first-order valence-corrected chi connectivity index (χ1v) is 8.17. The minimum absolute atomic E-state index is 0. The Morgan fingerprint density at radius 1 is 1.25 bits per heavy atom. The second kappa shape index (κ2) is 6.23. The highest BCUT2D eigenvalue weighted by atomic mass is 35.5. The number of fused-ring (bicyclic) bond motifs is 2. The Morgan fingerprint density at radius 2 is 1.85 bits per heavy atom. The normalized spacial score (nSPS) is 37.7. The Kier molecular flexibility index (Phi) is 5.01. The molecular weight excluding hydrogens is 272 g/mol. The van der Waals surface area contributed by atoms with E-state index in [1.165, 1.54) is 38.5 Å². The number of carbonyl (C=O) groups excluding carboxylic acids is 1. The second-order valence-corrected chi connectivity index (χ2v) is 7.27. The van der Waals surface area contributed by atoms with Gasteiger partial charge >= 0.3 is 0 Å². The molecule has 2 bridgehead atoms. The summed E-state index contributed by atoms with van der Waals surface area (Å²) in [5.41, 5.74) is 6.74. The average molecular weight is 301 g/mol. The molecule has 0 aliphatic heterocycles. The summed E-state index contributed by atoms with van der Waals surface area (Å²) in [6, 6.07) is 0.364. The summed E-state index contributed by atoms with van der Waals surface area (Å²) in [7, 11) is 0. The lowest BCUT2D eigenvalue weighted by molar-refractivity contribution is -0.128. The van der Waals surface area contributed by atoms with Crippen LogP contribution in [0.4, 0.5) is 0 Å². The minimum Gasteiger partial charge on any atom is -0.355 e. The Labute approximate surface area is 128 Å². The summed E-state index contributed by atoms with van der Waals surface area (Å²) < 4.78 is 0. The lowest BCUT2D eigenvalue weighted by Gasteiger charge is -2.43. The molecule has 3 aliphatic rings. The predicted molar refractivity (Wildman–Crippen MR) is 83.7 cm³/mol. The van der Waals surface area contributed by atoms with Crippen molar-refractivity contribution >= 4 is 18.3 Å². The van der Waals surface area contributed by atoms with Crippen LogP contribution in [0.15, 0.2) is 0 Å². The van der Waals surface area contributed by atoms with Crippen LogP contribution in [0.2, 0.25) is 0 Å². The van der Waals surface area contributed by atoms with Crippen LogP contribution in [-0.2, 0) is 4.79 Å². The van der Waals surface area contributed by atoms with Crippen LogP contribution in [0, 0.1) is 23.2 Å². The fourth-order valence-corrected chi connectivity index (χ4v) is 4.25. The van der Waals surface area contributed by atoms with Gasteiger partial charge in [-0.3, -0.25) is 4.79 Å². The van der Waals surface area contributed by atoms with E-state index in [-0.39, 0.29) is 18.3 Å². The number of rotatable bonds is 4. The highest BCUT2D eigenvalue weighted by Gasteiger charge is 2.43. The molecule has 3 saturated carbocycles. The Bertz CT molecular complexity index is 342. The third-order valence-corrected chi connectivity index (χ3v) is 6.13. The van der Waals surface area contributed by atoms with E-state index >= 15 is 0 Å². The lowest BCUT2D eigenvalue weighted by atomic mass is 9.65. The van der Waals surface area contributed by atoms with Gasteiger partial charge in [0.2, 0.25) is 5.91 Å². The maximum Gasteiger partial charge on any atom is 0.223 e. The molecule has 0 aromatic carbocycles. The molecule has 2 atom stereocenters. The van der Waals surface area contributed by atoms with E-state index in [1.54, 1.807) is 0 Å². The van der Waals surface area contributed by atoms with Crippen LogP contribution in [0.5, 0.6) is 0 Å². The highest BCUT2D eigenvalue weighted by Crippen LogP contribution is 2.48. The average Bonchev–Trinajstić information content (AvgIpc) is 3.16. The molecule has 4 heteroatoms. The molecule has 20 heavy (non-hydrogen) atoms. The maximum atomic E-state index is 12.4. The van der Waals surface area contributed by atoms with Gasteiger partial charge < -0.3 is 11.1 Å². The first kappa shape index (κ1) is 16.1. The van der Waals surface area contributed by atoms with Gasteiger partial charge in [-0.25, -0.2) is 0 Å². The monoisotopic (exact) mass is 300 g/mol. The van der Waals surface area contributed by atoms with Gasteiger partial charge in [-0.1, -0.05) is 13.3 Å². The number of nitrogens with one attached hydrogen (secondary N) is 1. The number of amides is 1. The van der Waals surface area contributed by atoms with Crippen LogP contribution in [0.1, 0.15) is 58.3 Å². The molecule has 3 rings (SSSR count). The van der Waals surface area contributed by atoms with Crippen molar-refractivity contribution in [1.29, 1.82) is 0 Å². The summed E-state index contributed by atoms with van der Waals surface area (Å²) in [4.78, 5) is 12.4. The molecule has 0 spiro atoms. The Morgan fingerprint density at radius 3 is 2.35 bits per heavy atom. The highest BCUT2D eigenvalue weighted by molar-refractivity contribution is 5.85. The lowest BCUT2D eigenvalue weighted by Crippen LogP contribution is -2.49. The molecule has 0 aromatic rings. The van der Waals surface area contributed by atoms with Gasteiger partial charge in [0, 0.05) is 18.5 Å². The molecule has 0 aromatic heterocycles. The van der Waals surface area contributed by atoms with Gasteiger partial charge in [0.1, 0.15) is 0 Å². The number of hydrogen-bond acceptors (Lipinski definition) is 2. The standard InChI is InChI=1S/C16H28N2O.ClH/c1-2-16(6-7-16)10-18-15(19)13-8-11-4-3-5-12(9-13)14(11)17;/h11-14H,2-10,17H2,1H3,(H,18,19);1H. The largest absolute Gasteiger partial charge is 0.355 e. The zero-order valence-corrected chi connectivity index (χ0v) is 13.4. The predicted octanol–water partition coefficient (Wildman–Crippen LogP) is 2.87. The SMILES string of the molecule is CCC1(CNC(=O)C2CC3CCCC(C2)C3N)CC1.Cl. The van der Waals surface area contributed by atoms with Gasteiger partial charge in [0.25, 0.3) is 0 Å². The summed E-state index contributed by atoms with van der Waals surface area (Å²) in [5, 5.41) is 3.23. The third-order valence-electron chi connectivity index (χ3n) is 6.13. The smallest absolute Gasteiger partial charge is 0.223 e. The van der Waals surface area contributed by atoms with Crippen molar-refractivity contribution in [3.05, 3.63) is 0 Å². The molecule has 0 saturated heterocycles. The van der Waals surface area contributed by atoms with E-state index in [2.05, 4.69) is 12.2 Å². The molecule has 3 fully saturated rings. The van der Waals surface area contributed by atoms with Crippen molar-refractivity contribution in [2.75, 3.05) is 6.54 Å². The molecule has 0 heterocycles. The van der Waals surface area contributed by atoms with Crippen LogP contribution >= 0.6 is 12.4 Å².